The van der Waals surface area contributed by atoms with E-state index in [1.807, 2.05) is 6.92 Å². The molecule has 5 atom stereocenters. The molecule has 3 amide bonds. The quantitative estimate of drug-likeness (QED) is 0.712. The molecule has 2 fully saturated rings. The number of carbonyl (C=O) groups excluding carboxylic acids is 2. The number of unbranched alkanes of at least 4 members (excludes halogenated alkanes) is 1. The second-order valence-electron chi connectivity index (χ2n) is 6.93. The molecule has 24 heavy (non-hydrogen) atoms. The van der Waals surface area contributed by atoms with Crippen molar-refractivity contribution >= 4 is 11.9 Å². The summed E-state index contributed by atoms with van der Waals surface area (Å²) in [6, 6.07) is -0.438. The molecule has 3 aliphatic rings. The zero-order chi connectivity index (χ0) is 17.5. The SMILES string of the molecule is CCCC[N+]1([C@@H]2O[C@H](CO)[C@H]3OC(C)(C)O[C@H]32)C=CC(=O)NC1=O. The molecule has 0 radical (unpaired) electrons. The molecule has 8 nitrogen and oxygen atoms in total. The predicted molar refractivity (Wildman–Crippen MR) is 82.3 cm³/mol. The van der Waals surface area contributed by atoms with Gasteiger partial charge in [-0.1, -0.05) is 13.3 Å². The van der Waals surface area contributed by atoms with Gasteiger partial charge in [-0.05, 0) is 20.3 Å². The van der Waals surface area contributed by atoms with Crippen molar-refractivity contribution in [2.45, 2.75) is 63.9 Å². The fraction of sp³-hybridized carbons (Fsp3) is 0.750. The number of aliphatic hydroxyl groups is 1. The lowest BCUT2D eigenvalue weighted by atomic mass is 10.1. The maximum atomic E-state index is 12.7. The van der Waals surface area contributed by atoms with E-state index in [9.17, 15) is 14.7 Å². The molecule has 3 aliphatic heterocycles. The van der Waals surface area contributed by atoms with Crippen LogP contribution in [0, 0.1) is 0 Å². The van der Waals surface area contributed by atoms with E-state index in [4.69, 9.17) is 14.2 Å². The number of aliphatic hydroxyl groups excluding tert-OH is 1. The lowest BCUT2D eigenvalue weighted by Gasteiger charge is -2.39. The van der Waals surface area contributed by atoms with Crippen molar-refractivity contribution in [2.24, 2.45) is 0 Å². The molecule has 0 aromatic rings. The first-order chi connectivity index (χ1) is 11.3. The van der Waals surface area contributed by atoms with E-state index in [0.29, 0.717) is 6.54 Å². The zero-order valence-electron chi connectivity index (χ0n) is 14.2. The highest BCUT2D eigenvalue weighted by Gasteiger charge is 2.64. The molecule has 134 valence electrons. The standard InChI is InChI=1S/C16H24N2O6/c1-4-5-7-18(8-6-11(20)17-15(18)21)14-13-12(10(9-19)22-14)23-16(2,3)24-13/h6,8,10,12-14,19H,4-5,7,9H2,1-3H3/p+1/t10-,12-,13-,14-,18?/m1/s1. The molecule has 0 aliphatic carbocycles. The van der Waals surface area contributed by atoms with E-state index in [0.717, 1.165) is 12.8 Å². The van der Waals surface area contributed by atoms with Crippen LogP contribution in [0.1, 0.15) is 33.6 Å². The largest absolute Gasteiger partial charge is 0.430 e. The average molecular weight is 341 g/mol. The molecule has 0 spiro atoms. The molecule has 0 bridgehead atoms. The maximum Gasteiger partial charge on any atom is 0.430 e. The van der Waals surface area contributed by atoms with Crippen LogP contribution in [0.25, 0.3) is 0 Å². The summed E-state index contributed by atoms with van der Waals surface area (Å²) >= 11 is 0. The Morgan fingerprint density at radius 2 is 2.00 bits per heavy atom. The lowest BCUT2D eigenvalue weighted by molar-refractivity contribution is -0.856. The third-order valence-electron chi connectivity index (χ3n) is 4.74. The third-order valence-corrected chi connectivity index (χ3v) is 4.74. The van der Waals surface area contributed by atoms with Gasteiger partial charge in [0, 0.05) is 0 Å². The summed E-state index contributed by atoms with van der Waals surface area (Å²) in [5, 5.41) is 12.0. The lowest BCUT2D eigenvalue weighted by Crippen LogP contribution is -2.65. The molecular weight excluding hydrogens is 316 g/mol. The highest BCUT2D eigenvalue weighted by atomic mass is 16.8. The molecule has 3 rings (SSSR count). The summed E-state index contributed by atoms with van der Waals surface area (Å²) in [4.78, 5) is 24.3. The molecule has 0 saturated carbocycles. The minimum Gasteiger partial charge on any atom is -0.394 e. The fourth-order valence-electron chi connectivity index (χ4n) is 3.62. The van der Waals surface area contributed by atoms with Crippen molar-refractivity contribution in [3.05, 3.63) is 12.3 Å². The van der Waals surface area contributed by atoms with Crippen molar-refractivity contribution in [2.75, 3.05) is 13.2 Å². The summed E-state index contributed by atoms with van der Waals surface area (Å²) in [6.45, 7) is 5.86. The van der Waals surface area contributed by atoms with Crippen molar-refractivity contribution in [3.8, 4) is 0 Å². The molecule has 0 aromatic carbocycles. The van der Waals surface area contributed by atoms with Crippen LogP contribution in [0.15, 0.2) is 12.3 Å². The number of hydrogen-bond donors (Lipinski definition) is 2. The number of amides is 3. The Morgan fingerprint density at radius 1 is 1.29 bits per heavy atom. The van der Waals surface area contributed by atoms with E-state index in [1.165, 1.54) is 6.08 Å². The first-order valence-electron chi connectivity index (χ1n) is 8.37. The van der Waals surface area contributed by atoms with Crippen LogP contribution in [0.5, 0.6) is 0 Å². The van der Waals surface area contributed by atoms with Gasteiger partial charge in [-0.2, -0.15) is 4.48 Å². The summed E-state index contributed by atoms with van der Waals surface area (Å²) in [6.07, 6.45) is 2.39. The number of nitrogens with one attached hydrogen (secondary N) is 1. The van der Waals surface area contributed by atoms with E-state index in [1.54, 1.807) is 20.0 Å². The van der Waals surface area contributed by atoms with Crippen LogP contribution >= 0.6 is 0 Å². The number of urea groups is 1. The number of imide groups is 1. The summed E-state index contributed by atoms with van der Waals surface area (Å²) in [7, 11) is 0. The Balaban J connectivity index is 1.97. The minimum absolute atomic E-state index is 0.184. The predicted octanol–water partition coefficient (Wildman–Crippen LogP) is 0.604. The van der Waals surface area contributed by atoms with Crippen molar-refractivity contribution < 1.29 is 33.4 Å². The highest BCUT2D eigenvalue weighted by Crippen LogP contribution is 2.42. The van der Waals surface area contributed by atoms with E-state index in [2.05, 4.69) is 5.32 Å². The smallest absolute Gasteiger partial charge is 0.394 e. The van der Waals surface area contributed by atoms with Gasteiger partial charge in [0.25, 0.3) is 5.91 Å². The molecule has 8 heteroatoms. The number of carbonyl (C=O) groups is 2. The zero-order valence-corrected chi connectivity index (χ0v) is 14.2. The summed E-state index contributed by atoms with van der Waals surface area (Å²) in [5.41, 5.74) is 0. The van der Waals surface area contributed by atoms with Crippen LogP contribution in [-0.4, -0.2) is 65.0 Å². The first kappa shape index (κ1) is 17.5. The fourth-order valence-corrected chi connectivity index (χ4v) is 3.62. The Bertz CT molecular complexity index is 563. The van der Waals surface area contributed by atoms with Crippen LogP contribution < -0.4 is 5.32 Å². The first-order valence-corrected chi connectivity index (χ1v) is 8.37. The van der Waals surface area contributed by atoms with Crippen LogP contribution in [0.3, 0.4) is 0 Å². The molecule has 1 unspecified atom stereocenters. The number of nitrogens with zero attached hydrogens (tertiary/aromatic N) is 1. The number of ether oxygens (including phenoxy) is 3. The van der Waals surface area contributed by atoms with Gasteiger partial charge in [-0.15, -0.1) is 0 Å². The summed E-state index contributed by atoms with van der Waals surface area (Å²) < 4.78 is 17.6. The van der Waals surface area contributed by atoms with Crippen molar-refractivity contribution in [1.29, 1.82) is 0 Å². The van der Waals surface area contributed by atoms with Gasteiger partial charge in [0.2, 0.25) is 6.23 Å². The Hall–Kier alpha value is -1.32. The molecule has 3 heterocycles. The number of rotatable bonds is 5. The van der Waals surface area contributed by atoms with Gasteiger partial charge >= 0.3 is 6.03 Å². The monoisotopic (exact) mass is 341 g/mol. The van der Waals surface area contributed by atoms with Gasteiger partial charge in [0.05, 0.1) is 19.2 Å². The maximum absolute atomic E-state index is 12.7. The van der Waals surface area contributed by atoms with Crippen LogP contribution in [-0.2, 0) is 19.0 Å². The number of hydrogen-bond acceptors (Lipinski definition) is 6. The highest BCUT2D eigenvalue weighted by molar-refractivity contribution is 6.00. The Morgan fingerprint density at radius 3 is 2.62 bits per heavy atom. The molecular formula is C16H25N2O6+. The van der Waals surface area contributed by atoms with E-state index in [-0.39, 0.29) is 11.1 Å². The average Bonchev–Trinajstić information content (AvgIpc) is 3.00. The van der Waals surface area contributed by atoms with Gasteiger partial charge < -0.3 is 19.3 Å². The van der Waals surface area contributed by atoms with Crippen LogP contribution in [0.4, 0.5) is 4.79 Å². The second-order valence-corrected chi connectivity index (χ2v) is 6.93. The third kappa shape index (κ3) is 2.78. The van der Waals surface area contributed by atoms with Crippen LogP contribution in [0.2, 0.25) is 0 Å². The second kappa shape index (κ2) is 6.20. The molecule has 2 saturated heterocycles. The minimum atomic E-state index is -0.814. The van der Waals surface area contributed by atoms with Gasteiger partial charge in [0.15, 0.2) is 11.9 Å². The summed E-state index contributed by atoms with van der Waals surface area (Å²) in [5.74, 6) is -1.26. The Kier molecular flexibility index (Phi) is 4.52. The normalized spacial score (nSPS) is 40.7. The Labute approximate surface area is 140 Å². The van der Waals surface area contributed by atoms with E-state index >= 15 is 0 Å². The van der Waals surface area contributed by atoms with Gasteiger partial charge in [0.1, 0.15) is 18.4 Å². The number of quaternary nitrogens is 1. The number of fused-ring (bicyclic) bond motifs is 1. The molecule has 2 N–H and O–H groups in total. The van der Waals surface area contributed by atoms with Gasteiger partial charge in [-0.3, -0.25) is 4.79 Å². The topological polar surface area (TPSA) is 94.1 Å². The molecule has 0 aromatic heterocycles. The van der Waals surface area contributed by atoms with Crippen molar-refractivity contribution in [1.82, 2.24) is 5.32 Å². The van der Waals surface area contributed by atoms with E-state index < -0.39 is 42.3 Å². The van der Waals surface area contributed by atoms with Crippen molar-refractivity contribution in [3.63, 3.8) is 0 Å². The van der Waals surface area contributed by atoms with Gasteiger partial charge in [-0.25, -0.2) is 10.1 Å².